The van der Waals surface area contributed by atoms with Crippen molar-refractivity contribution in [3.63, 3.8) is 0 Å². The average molecular weight is 901 g/mol. The van der Waals surface area contributed by atoms with E-state index >= 15 is 0 Å². The summed E-state index contributed by atoms with van der Waals surface area (Å²) in [6.45, 7) is 19.3. The summed E-state index contributed by atoms with van der Waals surface area (Å²) < 4.78 is 46.4. The minimum Gasteiger partial charge on any atom is -0.462 e. The summed E-state index contributed by atoms with van der Waals surface area (Å²) in [5.41, 5.74) is -2.68. The first-order valence-electron chi connectivity index (χ1n) is 24.4. The number of carbonyl (C=O) groups excluding carboxylic acids is 4. The zero-order valence-electron chi connectivity index (χ0n) is 40.1. The van der Waals surface area contributed by atoms with Crippen LogP contribution in [0.2, 0.25) is 0 Å². The van der Waals surface area contributed by atoms with Crippen molar-refractivity contribution >= 4 is 23.9 Å². The van der Waals surface area contributed by atoms with Crippen molar-refractivity contribution in [3.8, 4) is 0 Å². The van der Waals surface area contributed by atoms with Crippen LogP contribution in [0, 0.1) is 23.7 Å². The molecule has 12 atom stereocenters. The van der Waals surface area contributed by atoms with Crippen molar-refractivity contribution in [1.29, 1.82) is 0 Å². The monoisotopic (exact) mass is 901 g/mol. The molecular formula is C50H76O14. The molecule has 14 heteroatoms. The fourth-order valence-corrected chi connectivity index (χ4v) is 12.0. The third kappa shape index (κ3) is 10.3. The van der Waals surface area contributed by atoms with Crippen LogP contribution in [0.25, 0.3) is 0 Å². The van der Waals surface area contributed by atoms with Gasteiger partial charge in [-0.1, -0.05) is 0 Å². The van der Waals surface area contributed by atoms with Crippen molar-refractivity contribution in [3.05, 3.63) is 22.3 Å². The molecule has 64 heavy (non-hydrogen) atoms. The van der Waals surface area contributed by atoms with Gasteiger partial charge in [-0.2, -0.15) is 0 Å². The molecule has 7 rings (SSSR count). The lowest BCUT2D eigenvalue weighted by Gasteiger charge is -2.55. The van der Waals surface area contributed by atoms with Crippen molar-refractivity contribution in [2.24, 2.45) is 23.7 Å². The quantitative estimate of drug-likeness (QED) is 0.0319. The summed E-state index contributed by atoms with van der Waals surface area (Å²) in [6, 6.07) is 0. The molecule has 360 valence electrons. The van der Waals surface area contributed by atoms with Gasteiger partial charge in [0.15, 0.2) is 0 Å². The van der Waals surface area contributed by atoms with Crippen molar-refractivity contribution in [2.75, 3.05) is 26.4 Å². The highest BCUT2D eigenvalue weighted by molar-refractivity contribution is 6.16. The first-order valence-corrected chi connectivity index (χ1v) is 24.4. The number of aliphatic hydroxyl groups is 2. The zero-order valence-corrected chi connectivity index (χ0v) is 40.1. The third-order valence-electron chi connectivity index (χ3n) is 16.1. The Balaban J connectivity index is 1.23. The second-order valence-corrected chi connectivity index (χ2v) is 21.3. The van der Waals surface area contributed by atoms with Crippen LogP contribution in [0.4, 0.5) is 0 Å². The van der Waals surface area contributed by atoms with E-state index < -0.39 is 58.8 Å². The molecule has 4 heterocycles. The van der Waals surface area contributed by atoms with E-state index in [4.69, 9.17) is 37.9 Å². The molecule has 7 aliphatic rings. The Bertz CT molecular complexity index is 1700. The van der Waals surface area contributed by atoms with Crippen molar-refractivity contribution in [2.45, 2.75) is 217 Å². The van der Waals surface area contributed by atoms with E-state index in [1.54, 1.807) is 27.7 Å². The Morgan fingerprint density at radius 2 is 0.781 bits per heavy atom. The highest BCUT2D eigenvalue weighted by Crippen LogP contribution is 2.62. The van der Waals surface area contributed by atoms with Gasteiger partial charge in [0.1, 0.15) is 11.1 Å². The van der Waals surface area contributed by atoms with E-state index in [-0.39, 0.29) is 97.2 Å². The van der Waals surface area contributed by atoms with Crippen molar-refractivity contribution in [1.82, 2.24) is 0 Å². The first kappa shape index (κ1) is 49.0. The lowest BCUT2D eigenvalue weighted by molar-refractivity contribution is -0.149. The summed E-state index contributed by atoms with van der Waals surface area (Å²) in [7, 11) is 0. The first-order chi connectivity index (χ1) is 30.1. The molecule has 0 aromatic rings. The summed E-state index contributed by atoms with van der Waals surface area (Å²) in [5.74, 6) is -5.77. The molecule has 3 saturated carbocycles. The molecule has 4 aliphatic heterocycles. The second kappa shape index (κ2) is 18.3. The molecule has 3 aliphatic carbocycles. The molecule has 0 radical (unpaired) electrons. The number of epoxide rings is 4. The molecule has 14 nitrogen and oxygen atoms in total. The van der Waals surface area contributed by atoms with Crippen molar-refractivity contribution < 1.29 is 67.3 Å². The highest BCUT2D eigenvalue weighted by Gasteiger charge is 2.60. The summed E-state index contributed by atoms with van der Waals surface area (Å²) in [6.07, 6.45) is 7.47. The van der Waals surface area contributed by atoms with E-state index in [0.717, 1.165) is 25.7 Å². The van der Waals surface area contributed by atoms with Gasteiger partial charge < -0.3 is 48.1 Å². The Kier molecular flexibility index (Phi) is 14.0. The van der Waals surface area contributed by atoms with E-state index in [2.05, 4.69) is 41.5 Å². The number of fused-ring (bicyclic) bond motifs is 2. The van der Waals surface area contributed by atoms with Crippen LogP contribution in [-0.2, 0) is 57.1 Å². The zero-order chi connectivity index (χ0) is 46.6. The highest BCUT2D eigenvalue weighted by atomic mass is 16.6. The van der Waals surface area contributed by atoms with Crippen LogP contribution in [0.5, 0.6) is 0 Å². The predicted molar refractivity (Wildman–Crippen MR) is 234 cm³/mol. The molecule has 7 fully saturated rings. The van der Waals surface area contributed by atoms with Gasteiger partial charge in [0.05, 0.1) is 84.4 Å². The van der Waals surface area contributed by atoms with Gasteiger partial charge in [-0.05, 0) is 194 Å². The number of esters is 4. The van der Waals surface area contributed by atoms with Crippen LogP contribution in [0.3, 0.4) is 0 Å². The van der Waals surface area contributed by atoms with Gasteiger partial charge in [0.25, 0.3) is 0 Å². The fourth-order valence-electron chi connectivity index (χ4n) is 12.0. The Labute approximate surface area is 379 Å². The smallest absolute Gasteiger partial charge is 0.345 e. The maximum atomic E-state index is 14.1. The van der Waals surface area contributed by atoms with Crippen LogP contribution in [0.15, 0.2) is 22.3 Å². The standard InChI is InChI=1S/C50H76O14/c1-11-57-41(51)39(42(52)58-12-2)37-29-15-23-50(56,26-20-36-48(10,64-36)22-18-34-46(7,8)62-34)28-32(29)38(40(43(53)59-13-3)44(54)60-14-4)30-16-24-49(55,27-31(30)37)25-19-35-47(9,63-35)21-17-33-45(5,6)61-33/h29-36,55-56H,11-28H2,1-10H3. The summed E-state index contributed by atoms with van der Waals surface area (Å²) >= 11 is 0. The number of rotatable bonds is 20. The lowest BCUT2D eigenvalue weighted by atomic mass is 9.50. The number of allylic oxidation sites excluding steroid dienone is 2. The summed E-state index contributed by atoms with van der Waals surface area (Å²) in [5, 5.41) is 25.2. The lowest BCUT2D eigenvalue weighted by Crippen LogP contribution is -2.52. The minimum atomic E-state index is -1.23. The SMILES string of the molecule is CCOC(=O)C(C(=O)OCC)=C1C2CCC(O)(CCC3OC3(C)CCC3OC3(C)C)CC2C(=C(C(=O)OCC)C(=O)OCC)C2CCC(O)(CCC3OC3(C)CCC3OC3(C)C)CC12. The number of carbonyl (C=O) groups is 4. The van der Waals surface area contributed by atoms with Crippen LogP contribution in [0.1, 0.15) is 159 Å². The molecular weight excluding hydrogens is 825 g/mol. The number of hydrogen-bond acceptors (Lipinski definition) is 14. The predicted octanol–water partition coefficient (Wildman–Crippen LogP) is 6.93. The van der Waals surface area contributed by atoms with Gasteiger partial charge in [-0.15, -0.1) is 0 Å². The molecule has 0 amide bonds. The maximum Gasteiger partial charge on any atom is 0.345 e. The molecule has 0 aromatic heterocycles. The van der Waals surface area contributed by atoms with Gasteiger partial charge in [-0.3, -0.25) is 0 Å². The van der Waals surface area contributed by atoms with Crippen LogP contribution in [-0.4, -0.2) is 119 Å². The molecule has 0 aromatic carbocycles. The van der Waals surface area contributed by atoms with Gasteiger partial charge in [0.2, 0.25) is 0 Å². The van der Waals surface area contributed by atoms with E-state index in [1.807, 2.05) is 0 Å². The fraction of sp³-hybridized carbons (Fsp3) is 0.840. The third-order valence-corrected chi connectivity index (χ3v) is 16.1. The van der Waals surface area contributed by atoms with Gasteiger partial charge in [-0.25, -0.2) is 19.2 Å². The number of hydrogen-bond donors (Lipinski definition) is 2. The van der Waals surface area contributed by atoms with Gasteiger partial charge >= 0.3 is 23.9 Å². The maximum absolute atomic E-state index is 14.1. The average Bonchev–Trinajstić information content (AvgIpc) is 4.18. The summed E-state index contributed by atoms with van der Waals surface area (Å²) in [4.78, 5) is 56.5. The molecule has 0 bridgehead atoms. The van der Waals surface area contributed by atoms with E-state index in [9.17, 15) is 29.4 Å². The van der Waals surface area contributed by atoms with E-state index in [0.29, 0.717) is 62.5 Å². The second-order valence-electron chi connectivity index (χ2n) is 21.3. The largest absolute Gasteiger partial charge is 0.462 e. The molecule has 2 N–H and O–H groups in total. The molecule has 0 spiro atoms. The van der Waals surface area contributed by atoms with Crippen LogP contribution >= 0.6 is 0 Å². The van der Waals surface area contributed by atoms with E-state index in [1.165, 1.54) is 0 Å². The molecule has 12 unspecified atom stereocenters. The Morgan fingerprint density at radius 1 is 0.484 bits per heavy atom. The van der Waals surface area contributed by atoms with Crippen LogP contribution < -0.4 is 0 Å². The molecule has 4 saturated heterocycles. The Morgan fingerprint density at radius 3 is 1.06 bits per heavy atom. The Hall–Kier alpha value is -2.88. The number of ether oxygens (including phenoxy) is 8. The minimum absolute atomic E-state index is 0.0139. The topological polar surface area (TPSA) is 196 Å². The normalized spacial score (nSPS) is 38.5. The van der Waals surface area contributed by atoms with Gasteiger partial charge in [0, 0.05) is 0 Å².